The van der Waals surface area contributed by atoms with Crippen molar-refractivity contribution in [3.05, 3.63) is 41.3 Å². The molecule has 2 unspecified atom stereocenters. The quantitative estimate of drug-likeness (QED) is 0.809. The monoisotopic (exact) mass is 401 g/mol. The number of aromatic amines is 1. The SMILES string of the molecule is CC(OCC(F)(F)F)C(=O)N1CCCC1c1ncc(-c2ccc(Cl)cc2)[nH]1. The van der Waals surface area contributed by atoms with Crippen LogP contribution in [0.4, 0.5) is 13.2 Å². The first-order valence-corrected chi connectivity index (χ1v) is 8.92. The van der Waals surface area contributed by atoms with Crippen molar-refractivity contribution in [3.8, 4) is 11.3 Å². The van der Waals surface area contributed by atoms with Gasteiger partial charge >= 0.3 is 6.18 Å². The van der Waals surface area contributed by atoms with Crippen molar-refractivity contribution in [2.75, 3.05) is 13.2 Å². The Hall–Kier alpha value is -2.06. The van der Waals surface area contributed by atoms with E-state index in [4.69, 9.17) is 16.3 Å². The van der Waals surface area contributed by atoms with Crippen molar-refractivity contribution >= 4 is 17.5 Å². The number of H-pyrrole nitrogens is 1. The van der Waals surface area contributed by atoms with Gasteiger partial charge in [0, 0.05) is 11.6 Å². The summed E-state index contributed by atoms with van der Waals surface area (Å²) in [7, 11) is 0. The molecule has 27 heavy (non-hydrogen) atoms. The van der Waals surface area contributed by atoms with Gasteiger partial charge in [0.15, 0.2) is 0 Å². The first kappa shape index (κ1) is 19.7. The Labute approximate surface area is 159 Å². The normalized spacial score (nSPS) is 18.7. The molecule has 9 heteroatoms. The Kier molecular flexibility index (Phi) is 5.76. The number of carbonyl (C=O) groups is 1. The number of halogens is 4. The fourth-order valence-electron chi connectivity index (χ4n) is 3.12. The van der Waals surface area contributed by atoms with Crippen molar-refractivity contribution in [1.82, 2.24) is 14.9 Å². The standard InChI is InChI=1S/C18H19ClF3N3O2/c1-11(27-10-18(20,21)22)17(26)25-8-2-3-15(25)16-23-9-14(24-16)12-4-6-13(19)7-5-12/h4-7,9,11,15H,2-3,8,10H2,1H3,(H,23,24). The summed E-state index contributed by atoms with van der Waals surface area (Å²) in [6.07, 6.45) is -2.53. The Morgan fingerprint density at radius 3 is 2.78 bits per heavy atom. The number of imidazole rings is 1. The molecular formula is C18H19ClF3N3O2. The Morgan fingerprint density at radius 1 is 1.41 bits per heavy atom. The van der Waals surface area contributed by atoms with Gasteiger partial charge in [-0.25, -0.2) is 4.98 Å². The van der Waals surface area contributed by atoms with Gasteiger partial charge in [-0.05, 0) is 37.5 Å². The lowest BCUT2D eigenvalue weighted by Crippen LogP contribution is -2.40. The number of rotatable bonds is 5. The van der Waals surface area contributed by atoms with E-state index < -0.39 is 24.8 Å². The van der Waals surface area contributed by atoms with Crippen molar-refractivity contribution in [2.24, 2.45) is 0 Å². The number of hydrogen-bond acceptors (Lipinski definition) is 3. The van der Waals surface area contributed by atoms with Crippen molar-refractivity contribution in [3.63, 3.8) is 0 Å². The fraction of sp³-hybridized carbons (Fsp3) is 0.444. The number of benzene rings is 1. The van der Waals surface area contributed by atoms with Crippen LogP contribution in [0.2, 0.25) is 5.02 Å². The molecule has 3 rings (SSSR count). The van der Waals surface area contributed by atoms with Crippen LogP contribution in [-0.4, -0.2) is 46.2 Å². The van der Waals surface area contributed by atoms with Gasteiger partial charge in [-0.15, -0.1) is 0 Å². The third kappa shape index (κ3) is 4.81. The van der Waals surface area contributed by atoms with Gasteiger partial charge in [-0.2, -0.15) is 13.2 Å². The minimum atomic E-state index is -4.46. The number of likely N-dealkylation sites (tertiary alicyclic amines) is 1. The van der Waals surface area contributed by atoms with Gasteiger partial charge in [-0.1, -0.05) is 23.7 Å². The highest BCUT2D eigenvalue weighted by atomic mass is 35.5. The molecule has 2 aromatic rings. The molecule has 146 valence electrons. The zero-order chi connectivity index (χ0) is 19.6. The van der Waals surface area contributed by atoms with Gasteiger partial charge in [0.2, 0.25) is 0 Å². The predicted octanol–water partition coefficient (Wildman–Crippen LogP) is 4.36. The Bertz CT molecular complexity index is 792. The van der Waals surface area contributed by atoms with E-state index in [-0.39, 0.29) is 6.04 Å². The maximum absolute atomic E-state index is 12.5. The second-order valence-corrected chi connectivity index (χ2v) is 6.88. The first-order valence-electron chi connectivity index (χ1n) is 8.54. The van der Waals surface area contributed by atoms with Gasteiger partial charge in [-0.3, -0.25) is 4.79 Å². The molecule has 1 aromatic heterocycles. The molecule has 1 saturated heterocycles. The van der Waals surface area contributed by atoms with E-state index in [1.165, 1.54) is 11.8 Å². The van der Waals surface area contributed by atoms with Crippen LogP contribution in [0.1, 0.15) is 31.6 Å². The topological polar surface area (TPSA) is 58.2 Å². The number of carbonyl (C=O) groups excluding carboxylic acids is 1. The van der Waals surface area contributed by atoms with Crippen LogP contribution in [0, 0.1) is 0 Å². The van der Waals surface area contributed by atoms with E-state index in [0.29, 0.717) is 23.8 Å². The number of nitrogens with zero attached hydrogens (tertiary/aromatic N) is 2. The molecule has 0 radical (unpaired) electrons. The molecule has 0 spiro atoms. The summed E-state index contributed by atoms with van der Waals surface area (Å²) in [5, 5.41) is 0.624. The number of alkyl halides is 3. The third-order valence-electron chi connectivity index (χ3n) is 4.45. The molecule has 1 N–H and O–H groups in total. The molecule has 2 atom stereocenters. The lowest BCUT2D eigenvalue weighted by atomic mass is 10.2. The lowest BCUT2D eigenvalue weighted by molar-refractivity contribution is -0.188. The molecule has 2 heterocycles. The van der Waals surface area contributed by atoms with Crippen LogP contribution >= 0.6 is 11.6 Å². The first-order chi connectivity index (χ1) is 12.7. The number of nitrogens with one attached hydrogen (secondary N) is 1. The molecule has 1 fully saturated rings. The summed E-state index contributed by atoms with van der Waals surface area (Å²) >= 11 is 5.89. The molecule has 1 amide bonds. The van der Waals surface area contributed by atoms with Gasteiger partial charge in [0.05, 0.1) is 17.9 Å². The molecule has 1 aromatic carbocycles. The largest absolute Gasteiger partial charge is 0.411 e. The van der Waals surface area contributed by atoms with Crippen LogP contribution in [-0.2, 0) is 9.53 Å². The van der Waals surface area contributed by atoms with Crippen molar-refractivity contribution in [2.45, 2.75) is 38.1 Å². The second kappa shape index (κ2) is 7.90. The van der Waals surface area contributed by atoms with E-state index in [1.807, 2.05) is 12.1 Å². The Balaban J connectivity index is 1.71. The zero-order valence-electron chi connectivity index (χ0n) is 14.6. The molecule has 0 bridgehead atoms. The van der Waals surface area contributed by atoms with Crippen molar-refractivity contribution < 1.29 is 22.7 Å². The highest BCUT2D eigenvalue weighted by molar-refractivity contribution is 6.30. The molecule has 0 aliphatic carbocycles. The highest BCUT2D eigenvalue weighted by Gasteiger charge is 2.36. The van der Waals surface area contributed by atoms with Crippen LogP contribution in [0.5, 0.6) is 0 Å². The molecule has 1 aliphatic heterocycles. The van der Waals surface area contributed by atoms with Crippen LogP contribution in [0.15, 0.2) is 30.5 Å². The minimum Gasteiger partial charge on any atom is -0.359 e. The summed E-state index contributed by atoms with van der Waals surface area (Å²) < 4.78 is 41.6. The van der Waals surface area contributed by atoms with Gasteiger partial charge in [0.1, 0.15) is 18.5 Å². The lowest BCUT2D eigenvalue weighted by Gasteiger charge is -2.26. The number of hydrogen-bond donors (Lipinski definition) is 1. The minimum absolute atomic E-state index is 0.310. The summed E-state index contributed by atoms with van der Waals surface area (Å²) in [4.78, 5) is 21.6. The van der Waals surface area contributed by atoms with Gasteiger partial charge < -0.3 is 14.6 Å². The third-order valence-corrected chi connectivity index (χ3v) is 4.70. The van der Waals surface area contributed by atoms with Crippen LogP contribution in [0.25, 0.3) is 11.3 Å². The van der Waals surface area contributed by atoms with E-state index >= 15 is 0 Å². The van der Waals surface area contributed by atoms with Crippen LogP contribution < -0.4 is 0 Å². The van der Waals surface area contributed by atoms with Gasteiger partial charge in [0.25, 0.3) is 5.91 Å². The highest BCUT2D eigenvalue weighted by Crippen LogP contribution is 2.32. The average Bonchev–Trinajstić information content (AvgIpc) is 3.28. The second-order valence-electron chi connectivity index (χ2n) is 6.45. The maximum Gasteiger partial charge on any atom is 0.411 e. The fourth-order valence-corrected chi connectivity index (χ4v) is 3.25. The summed E-state index contributed by atoms with van der Waals surface area (Å²) in [5.41, 5.74) is 1.68. The zero-order valence-corrected chi connectivity index (χ0v) is 15.3. The number of ether oxygens (including phenoxy) is 1. The van der Waals surface area contributed by atoms with E-state index in [9.17, 15) is 18.0 Å². The molecule has 5 nitrogen and oxygen atoms in total. The maximum atomic E-state index is 12.5. The summed E-state index contributed by atoms with van der Waals surface area (Å²) in [6, 6.07) is 6.93. The smallest absolute Gasteiger partial charge is 0.359 e. The summed E-state index contributed by atoms with van der Waals surface area (Å²) in [6.45, 7) is 0.352. The average molecular weight is 402 g/mol. The van der Waals surface area contributed by atoms with E-state index in [2.05, 4.69) is 9.97 Å². The van der Waals surface area contributed by atoms with Crippen molar-refractivity contribution in [1.29, 1.82) is 0 Å². The van der Waals surface area contributed by atoms with Crippen LogP contribution in [0.3, 0.4) is 0 Å². The van der Waals surface area contributed by atoms with E-state index in [0.717, 1.165) is 17.7 Å². The molecule has 0 saturated carbocycles. The molecular weight excluding hydrogens is 383 g/mol. The Morgan fingerprint density at radius 2 is 2.11 bits per heavy atom. The summed E-state index contributed by atoms with van der Waals surface area (Å²) in [5.74, 6) is 0.139. The van der Waals surface area contributed by atoms with E-state index in [1.54, 1.807) is 18.3 Å². The number of amides is 1. The molecule has 1 aliphatic rings. The predicted molar refractivity (Wildman–Crippen MR) is 94.2 cm³/mol. The number of aromatic nitrogens is 2.